The Morgan fingerprint density at radius 3 is 2.57 bits per heavy atom. The Balaban J connectivity index is 2.33. The summed E-state index contributed by atoms with van der Waals surface area (Å²) in [5.74, 6) is -1.01. The van der Waals surface area contributed by atoms with Crippen LogP contribution in [-0.4, -0.2) is 33.6 Å². The summed E-state index contributed by atoms with van der Waals surface area (Å²) in [6.45, 7) is 2.10. The van der Waals surface area contributed by atoms with E-state index in [1.807, 2.05) is 0 Å². The third-order valence-corrected chi connectivity index (χ3v) is 4.08. The van der Waals surface area contributed by atoms with Crippen LogP contribution in [0.2, 0.25) is 0 Å². The first-order chi connectivity index (χ1) is 9.75. The molecule has 2 rings (SSSR count). The molecular weight excluding hydrogens is 303 g/mol. The van der Waals surface area contributed by atoms with Crippen LogP contribution in [0.5, 0.6) is 0 Å². The third kappa shape index (κ3) is 3.02. The molecule has 0 aliphatic carbocycles. The average molecular weight is 317 g/mol. The third-order valence-electron chi connectivity index (χ3n) is 3.61. The highest BCUT2D eigenvalue weighted by atomic mass is 32.1. The smallest absolute Gasteiger partial charge is 0.416 e. The summed E-state index contributed by atoms with van der Waals surface area (Å²) in [4.78, 5) is 12.6. The second-order valence-electron chi connectivity index (χ2n) is 4.86. The Morgan fingerprint density at radius 1 is 1.48 bits per heavy atom. The fraction of sp³-hybridized carbons (Fsp3) is 0.429. The van der Waals surface area contributed by atoms with Crippen molar-refractivity contribution in [3.63, 3.8) is 0 Å². The van der Waals surface area contributed by atoms with E-state index in [0.29, 0.717) is 13.0 Å². The summed E-state index contributed by atoms with van der Waals surface area (Å²) < 4.78 is 39.1. The minimum Gasteiger partial charge on any atom is -0.480 e. The summed E-state index contributed by atoms with van der Waals surface area (Å²) in [6, 6.07) is 3.20. The number of halogens is 3. The lowest BCUT2D eigenvalue weighted by Crippen LogP contribution is -2.54. The number of likely N-dealkylation sites (tertiary alicyclic amines) is 1. The molecule has 21 heavy (non-hydrogen) atoms. The van der Waals surface area contributed by atoms with Gasteiger partial charge in [-0.15, -0.1) is 0 Å². The molecule has 114 valence electrons. The van der Waals surface area contributed by atoms with Gasteiger partial charge in [0.2, 0.25) is 0 Å². The van der Waals surface area contributed by atoms with Gasteiger partial charge in [0.25, 0.3) is 0 Å². The molecule has 3 nitrogen and oxygen atoms in total. The number of benzene rings is 1. The van der Waals surface area contributed by atoms with Gasteiger partial charge in [0.05, 0.1) is 5.56 Å². The molecule has 0 radical (unpaired) electrons. The molecular formula is C14H14F3NO2S. The molecule has 0 saturated carbocycles. The quantitative estimate of drug-likeness (QED) is 0.870. The Bertz CT molecular complexity index is 586. The van der Waals surface area contributed by atoms with Crippen molar-refractivity contribution >= 4 is 23.2 Å². The van der Waals surface area contributed by atoms with E-state index in [-0.39, 0.29) is 22.5 Å². The number of alkyl halides is 3. The van der Waals surface area contributed by atoms with E-state index >= 15 is 0 Å². The SMILES string of the molecule is CCc1ccc(C(=S)N2CC[C@@H]2C(=O)O)cc1C(F)(F)F. The van der Waals surface area contributed by atoms with Crippen LogP contribution >= 0.6 is 12.2 Å². The average Bonchev–Trinajstić information content (AvgIpc) is 2.34. The molecule has 0 bridgehead atoms. The summed E-state index contributed by atoms with van der Waals surface area (Å²) >= 11 is 5.15. The molecule has 1 aliphatic heterocycles. The van der Waals surface area contributed by atoms with E-state index in [9.17, 15) is 18.0 Å². The van der Waals surface area contributed by atoms with E-state index in [1.54, 1.807) is 6.92 Å². The molecule has 1 aliphatic rings. The highest BCUT2D eigenvalue weighted by Crippen LogP contribution is 2.34. The van der Waals surface area contributed by atoms with E-state index in [4.69, 9.17) is 17.3 Å². The largest absolute Gasteiger partial charge is 0.480 e. The van der Waals surface area contributed by atoms with Gasteiger partial charge in [-0.1, -0.05) is 31.3 Å². The number of rotatable bonds is 3. The van der Waals surface area contributed by atoms with Gasteiger partial charge in [0.15, 0.2) is 0 Å². The fourth-order valence-corrected chi connectivity index (χ4v) is 2.68. The maximum absolute atomic E-state index is 13.0. The van der Waals surface area contributed by atoms with Crippen LogP contribution in [0.4, 0.5) is 13.2 Å². The molecule has 7 heteroatoms. The van der Waals surface area contributed by atoms with Crippen molar-refractivity contribution in [1.29, 1.82) is 0 Å². The maximum Gasteiger partial charge on any atom is 0.416 e. The molecule has 0 amide bonds. The van der Waals surface area contributed by atoms with Crippen LogP contribution in [0.15, 0.2) is 18.2 Å². The zero-order valence-corrected chi connectivity index (χ0v) is 12.1. The molecule has 1 aromatic carbocycles. The van der Waals surface area contributed by atoms with Crippen molar-refractivity contribution in [2.75, 3.05) is 6.54 Å². The monoisotopic (exact) mass is 317 g/mol. The van der Waals surface area contributed by atoms with Gasteiger partial charge in [0.1, 0.15) is 11.0 Å². The predicted octanol–water partition coefficient (Wildman–Crippen LogP) is 3.10. The molecule has 1 aromatic rings. The summed E-state index contributed by atoms with van der Waals surface area (Å²) in [5.41, 5.74) is -0.273. The molecule has 1 heterocycles. The van der Waals surface area contributed by atoms with Gasteiger partial charge in [-0.25, -0.2) is 4.79 Å². The highest BCUT2D eigenvalue weighted by molar-refractivity contribution is 7.80. The van der Waals surface area contributed by atoms with E-state index < -0.39 is 23.8 Å². The molecule has 1 N–H and O–H groups in total. The molecule has 0 aromatic heterocycles. The number of thiocarbonyl (C=S) groups is 1. The van der Waals surface area contributed by atoms with E-state index in [2.05, 4.69) is 0 Å². The predicted molar refractivity (Wildman–Crippen MR) is 75.3 cm³/mol. The summed E-state index contributed by atoms with van der Waals surface area (Å²) in [7, 11) is 0. The first-order valence-electron chi connectivity index (χ1n) is 6.49. The van der Waals surface area contributed by atoms with Crippen molar-refractivity contribution in [1.82, 2.24) is 4.90 Å². The van der Waals surface area contributed by atoms with Crippen molar-refractivity contribution in [2.45, 2.75) is 32.0 Å². The van der Waals surface area contributed by atoms with Crippen LogP contribution < -0.4 is 0 Å². The normalized spacial score (nSPS) is 18.3. The maximum atomic E-state index is 13.0. The van der Waals surface area contributed by atoms with Gasteiger partial charge in [0, 0.05) is 12.1 Å². The summed E-state index contributed by atoms with van der Waals surface area (Å²) in [5, 5.41) is 8.98. The van der Waals surface area contributed by atoms with Crippen molar-refractivity contribution in [3.05, 3.63) is 34.9 Å². The van der Waals surface area contributed by atoms with Crippen molar-refractivity contribution < 1.29 is 23.1 Å². The number of hydrogen-bond acceptors (Lipinski definition) is 2. The number of carboxylic acid groups (broad SMARTS) is 1. The number of nitrogens with zero attached hydrogens (tertiary/aromatic N) is 1. The van der Waals surface area contributed by atoms with Crippen LogP contribution in [0, 0.1) is 0 Å². The molecule has 1 saturated heterocycles. The minimum atomic E-state index is -4.45. The van der Waals surface area contributed by atoms with Crippen LogP contribution in [-0.2, 0) is 17.4 Å². The van der Waals surface area contributed by atoms with Crippen LogP contribution in [0.3, 0.4) is 0 Å². The van der Waals surface area contributed by atoms with Crippen LogP contribution in [0.25, 0.3) is 0 Å². The first kappa shape index (κ1) is 15.8. The number of aryl methyl sites for hydroxylation is 1. The zero-order valence-electron chi connectivity index (χ0n) is 11.3. The molecule has 1 atom stereocenters. The molecule has 0 spiro atoms. The highest BCUT2D eigenvalue weighted by Gasteiger charge is 2.37. The minimum absolute atomic E-state index is 0.154. The first-order valence-corrected chi connectivity index (χ1v) is 6.90. The Labute approximate surface area is 125 Å². The number of carboxylic acids is 1. The van der Waals surface area contributed by atoms with Crippen molar-refractivity contribution in [2.24, 2.45) is 0 Å². The van der Waals surface area contributed by atoms with E-state index in [1.165, 1.54) is 17.0 Å². The topological polar surface area (TPSA) is 40.5 Å². The lowest BCUT2D eigenvalue weighted by molar-refractivity contribution is -0.145. The van der Waals surface area contributed by atoms with Gasteiger partial charge in [-0.2, -0.15) is 13.2 Å². The lowest BCUT2D eigenvalue weighted by atomic mass is 9.98. The van der Waals surface area contributed by atoms with Gasteiger partial charge < -0.3 is 10.0 Å². The van der Waals surface area contributed by atoms with E-state index in [0.717, 1.165) is 6.07 Å². The number of carbonyl (C=O) groups is 1. The molecule has 0 unspecified atom stereocenters. The fourth-order valence-electron chi connectivity index (χ4n) is 2.33. The second kappa shape index (κ2) is 5.63. The van der Waals surface area contributed by atoms with Crippen molar-refractivity contribution in [3.8, 4) is 0 Å². The van der Waals surface area contributed by atoms with Gasteiger partial charge in [-0.3, -0.25) is 0 Å². The van der Waals surface area contributed by atoms with Crippen LogP contribution in [0.1, 0.15) is 30.0 Å². The zero-order chi connectivity index (χ0) is 15.8. The Morgan fingerprint density at radius 2 is 2.14 bits per heavy atom. The number of aliphatic carboxylic acids is 1. The lowest BCUT2D eigenvalue weighted by Gasteiger charge is -2.40. The number of hydrogen-bond donors (Lipinski definition) is 1. The Hall–Kier alpha value is -1.63. The van der Waals surface area contributed by atoms with Gasteiger partial charge >= 0.3 is 12.1 Å². The standard InChI is InChI=1S/C14H14F3NO2S/c1-2-8-3-4-9(7-10(8)14(15,16)17)12(21)18-6-5-11(18)13(19)20/h3-4,7,11H,2,5-6H2,1H3,(H,19,20)/t11-/m1/s1. The second-order valence-corrected chi connectivity index (χ2v) is 5.25. The molecule has 1 fully saturated rings. The Kier molecular flexibility index (Phi) is 4.22. The summed E-state index contributed by atoms with van der Waals surface area (Å²) in [6.07, 6.45) is -3.73. The van der Waals surface area contributed by atoms with Gasteiger partial charge in [-0.05, 0) is 24.5 Å².